The molecule has 0 amide bonds. The lowest BCUT2D eigenvalue weighted by atomic mass is 10.1. The van der Waals surface area contributed by atoms with Crippen LogP contribution in [0.3, 0.4) is 0 Å². The highest BCUT2D eigenvalue weighted by Gasteiger charge is 2.20. The first-order valence-electron chi connectivity index (χ1n) is 5.60. The van der Waals surface area contributed by atoms with E-state index >= 15 is 0 Å². The molecule has 0 aromatic carbocycles. The summed E-state index contributed by atoms with van der Waals surface area (Å²) >= 11 is 2.22. The summed E-state index contributed by atoms with van der Waals surface area (Å²) in [5, 5.41) is 8.05. The Balaban J connectivity index is 2.00. The van der Waals surface area contributed by atoms with Crippen LogP contribution in [0.15, 0.2) is 12.5 Å². The number of fused-ring (bicyclic) bond motifs is 1. The summed E-state index contributed by atoms with van der Waals surface area (Å²) in [6.07, 6.45) is 5.58. The van der Waals surface area contributed by atoms with Gasteiger partial charge in [-0.05, 0) is 35.4 Å². The predicted molar refractivity (Wildman–Crippen MR) is 72.9 cm³/mol. The second-order valence-electron chi connectivity index (χ2n) is 4.26. The standard InChI is InChI=1S/C10H13IN6/c11-8-5-13-10(17-6-14-15-9(8)17)16-3-1-7(12)2-4-16/h5-7H,1-4,12H2. The highest BCUT2D eigenvalue weighted by atomic mass is 127. The minimum atomic E-state index is 0.325. The Bertz CT molecular complexity index is 531. The summed E-state index contributed by atoms with van der Waals surface area (Å²) in [5.41, 5.74) is 6.78. The van der Waals surface area contributed by atoms with Gasteiger partial charge in [-0.25, -0.2) is 4.98 Å². The highest BCUT2D eigenvalue weighted by molar-refractivity contribution is 14.1. The minimum absolute atomic E-state index is 0.325. The number of piperidine rings is 1. The Morgan fingerprint density at radius 1 is 1.35 bits per heavy atom. The average molecular weight is 344 g/mol. The molecular formula is C10H13IN6. The second-order valence-corrected chi connectivity index (χ2v) is 5.42. The molecule has 0 radical (unpaired) electrons. The SMILES string of the molecule is NC1CCN(c2ncc(I)c3nncn23)CC1. The Labute approximate surface area is 112 Å². The third-order valence-corrected chi connectivity index (χ3v) is 3.85. The zero-order valence-corrected chi connectivity index (χ0v) is 11.4. The first-order valence-corrected chi connectivity index (χ1v) is 6.68. The quantitative estimate of drug-likeness (QED) is 0.770. The van der Waals surface area contributed by atoms with Crippen LogP contribution in [0.5, 0.6) is 0 Å². The van der Waals surface area contributed by atoms with Crippen LogP contribution in [-0.4, -0.2) is 38.7 Å². The molecule has 1 aliphatic heterocycles. The van der Waals surface area contributed by atoms with Gasteiger partial charge in [-0.1, -0.05) is 0 Å². The monoisotopic (exact) mass is 344 g/mol. The second kappa shape index (κ2) is 4.37. The molecule has 0 bridgehead atoms. The van der Waals surface area contributed by atoms with Crippen LogP contribution in [0, 0.1) is 3.57 Å². The molecule has 2 aromatic heterocycles. The van der Waals surface area contributed by atoms with Crippen molar-refractivity contribution in [2.45, 2.75) is 18.9 Å². The fraction of sp³-hybridized carbons (Fsp3) is 0.500. The molecule has 7 heteroatoms. The molecule has 3 rings (SSSR count). The fourth-order valence-electron chi connectivity index (χ4n) is 2.11. The number of anilines is 1. The van der Waals surface area contributed by atoms with Crippen molar-refractivity contribution < 1.29 is 0 Å². The van der Waals surface area contributed by atoms with Crippen LogP contribution in [0.1, 0.15) is 12.8 Å². The summed E-state index contributed by atoms with van der Waals surface area (Å²) in [7, 11) is 0. The first kappa shape index (κ1) is 11.1. The Kier molecular flexibility index (Phi) is 2.87. The van der Waals surface area contributed by atoms with Crippen LogP contribution in [0.25, 0.3) is 5.65 Å². The van der Waals surface area contributed by atoms with Crippen LogP contribution >= 0.6 is 22.6 Å². The topological polar surface area (TPSA) is 72.3 Å². The zero-order valence-electron chi connectivity index (χ0n) is 9.25. The molecule has 0 spiro atoms. The molecule has 90 valence electrons. The Hall–Kier alpha value is -0.960. The molecule has 0 unspecified atom stereocenters. The number of halogens is 1. The number of aromatic nitrogens is 4. The number of hydrogen-bond acceptors (Lipinski definition) is 5. The molecular weight excluding hydrogens is 331 g/mol. The van der Waals surface area contributed by atoms with Crippen LogP contribution in [0.4, 0.5) is 5.95 Å². The molecule has 2 N–H and O–H groups in total. The van der Waals surface area contributed by atoms with Crippen LogP contribution in [0.2, 0.25) is 0 Å². The molecule has 1 saturated heterocycles. The molecule has 1 aliphatic rings. The molecule has 3 heterocycles. The molecule has 0 atom stereocenters. The van der Waals surface area contributed by atoms with Crippen LogP contribution in [-0.2, 0) is 0 Å². The molecule has 2 aromatic rings. The number of nitrogens with two attached hydrogens (primary N) is 1. The van der Waals surface area contributed by atoms with Gasteiger partial charge < -0.3 is 10.6 Å². The van der Waals surface area contributed by atoms with Crippen molar-refractivity contribution in [1.29, 1.82) is 0 Å². The Morgan fingerprint density at radius 2 is 2.12 bits per heavy atom. The molecule has 0 aliphatic carbocycles. The predicted octanol–water partition coefficient (Wildman–Crippen LogP) is 0.656. The van der Waals surface area contributed by atoms with Gasteiger partial charge in [0, 0.05) is 25.3 Å². The van der Waals surface area contributed by atoms with Crippen molar-refractivity contribution >= 4 is 34.2 Å². The smallest absolute Gasteiger partial charge is 0.212 e. The van der Waals surface area contributed by atoms with E-state index in [-0.39, 0.29) is 0 Å². The van der Waals surface area contributed by atoms with Gasteiger partial charge >= 0.3 is 0 Å². The number of hydrogen-bond donors (Lipinski definition) is 1. The molecule has 0 saturated carbocycles. The average Bonchev–Trinajstić information content (AvgIpc) is 2.81. The third kappa shape index (κ3) is 1.97. The van der Waals surface area contributed by atoms with Crippen molar-refractivity contribution in [3.63, 3.8) is 0 Å². The summed E-state index contributed by atoms with van der Waals surface area (Å²) in [6.45, 7) is 1.89. The van der Waals surface area contributed by atoms with E-state index in [1.165, 1.54) is 0 Å². The van der Waals surface area contributed by atoms with Crippen LogP contribution < -0.4 is 10.6 Å². The summed E-state index contributed by atoms with van der Waals surface area (Å²) in [6, 6.07) is 0.325. The van der Waals surface area contributed by atoms with Gasteiger partial charge in [-0.15, -0.1) is 10.2 Å². The molecule has 1 fully saturated rings. The summed E-state index contributed by atoms with van der Waals surface area (Å²) in [5.74, 6) is 0.914. The van der Waals surface area contributed by atoms with Gasteiger partial charge in [-0.2, -0.15) is 0 Å². The molecule has 6 nitrogen and oxygen atoms in total. The lowest BCUT2D eigenvalue weighted by Gasteiger charge is -2.31. The van der Waals surface area contributed by atoms with Gasteiger partial charge in [0.25, 0.3) is 0 Å². The normalized spacial score (nSPS) is 17.9. The highest BCUT2D eigenvalue weighted by Crippen LogP contribution is 2.20. The van der Waals surface area contributed by atoms with E-state index in [1.54, 1.807) is 6.33 Å². The van der Waals surface area contributed by atoms with E-state index in [2.05, 4.69) is 42.7 Å². The lowest BCUT2D eigenvalue weighted by Crippen LogP contribution is -2.40. The van der Waals surface area contributed by atoms with Crippen molar-refractivity contribution in [2.24, 2.45) is 5.73 Å². The maximum Gasteiger partial charge on any atom is 0.212 e. The van der Waals surface area contributed by atoms with Gasteiger partial charge in [0.1, 0.15) is 6.33 Å². The largest absolute Gasteiger partial charge is 0.342 e. The van der Waals surface area contributed by atoms with Crippen molar-refractivity contribution in [3.8, 4) is 0 Å². The van der Waals surface area contributed by atoms with E-state index in [4.69, 9.17) is 5.73 Å². The first-order chi connectivity index (χ1) is 8.25. The number of nitrogens with zero attached hydrogens (tertiary/aromatic N) is 5. The van der Waals surface area contributed by atoms with Gasteiger partial charge in [0.15, 0.2) is 5.65 Å². The number of rotatable bonds is 1. The van der Waals surface area contributed by atoms with Crippen molar-refractivity contribution in [1.82, 2.24) is 19.6 Å². The maximum absolute atomic E-state index is 5.91. The van der Waals surface area contributed by atoms with Gasteiger partial charge in [0.05, 0.1) is 3.57 Å². The maximum atomic E-state index is 5.91. The van der Waals surface area contributed by atoms with E-state index in [0.717, 1.165) is 41.1 Å². The van der Waals surface area contributed by atoms with Gasteiger partial charge in [-0.3, -0.25) is 4.40 Å². The van der Waals surface area contributed by atoms with E-state index in [1.807, 2.05) is 10.6 Å². The zero-order chi connectivity index (χ0) is 11.8. The summed E-state index contributed by atoms with van der Waals surface area (Å²) in [4.78, 5) is 6.73. The van der Waals surface area contributed by atoms with Crippen molar-refractivity contribution in [3.05, 3.63) is 16.1 Å². The molecule has 17 heavy (non-hydrogen) atoms. The van der Waals surface area contributed by atoms with Crippen molar-refractivity contribution in [2.75, 3.05) is 18.0 Å². The Morgan fingerprint density at radius 3 is 2.88 bits per heavy atom. The third-order valence-electron chi connectivity index (χ3n) is 3.09. The van der Waals surface area contributed by atoms with Gasteiger partial charge in [0.2, 0.25) is 5.95 Å². The van der Waals surface area contributed by atoms with E-state index < -0.39 is 0 Å². The van der Waals surface area contributed by atoms with E-state index in [0.29, 0.717) is 6.04 Å². The lowest BCUT2D eigenvalue weighted by molar-refractivity contribution is 0.494. The fourth-order valence-corrected chi connectivity index (χ4v) is 2.62. The minimum Gasteiger partial charge on any atom is -0.342 e. The summed E-state index contributed by atoms with van der Waals surface area (Å²) < 4.78 is 2.95. The van der Waals surface area contributed by atoms with E-state index in [9.17, 15) is 0 Å².